The van der Waals surface area contributed by atoms with Gasteiger partial charge in [-0.1, -0.05) is 28.4 Å². The van der Waals surface area contributed by atoms with Crippen molar-refractivity contribution < 1.29 is 9.26 Å². The van der Waals surface area contributed by atoms with Crippen molar-refractivity contribution in [3.63, 3.8) is 0 Å². The number of benzene rings is 1. The Morgan fingerprint density at radius 3 is 2.86 bits per heavy atom. The number of piperazine rings is 1. The Balaban J connectivity index is 1.95. The van der Waals surface area contributed by atoms with Crippen LogP contribution in [0.1, 0.15) is 11.9 Å². The van der Waals surface area contributed by atoms with E-state index in [2.05, 4.69) is 20.4 Å². The summed E-state index contributed by atoms with van der Waals surface area (Å²) in [6.45, 7) is 2.68. The van der Waals surface area contributed by atoms with E-state index in [9.17, 15) is 0 Å². The lowest BCUT2D eigenvalue weighted by molar-refractivity contribution is 0.190. The number of ether oxygens (including phenoxy) is 1. The van der Waals surface area contributed by atoms with Gasteiger partial charge in [-0.05, 0) is 13.1 Å². The Morgan fingerprint density at radius 2 is 2.14 bits per heavy atom. The van der Waals surface area contributed by atoms with Crippen molar-refractivity contribution in [1.29, 1.82) is 0 Å². The fraction of sp³-hybridized carbons (Fsp3) is 0.429. The lowest BCUT2D eigenvalue weighted by Crippen LogP contribution is -2.44. The SMILES string of the molecule is COc1cc(Cl)c(Cl)cc1-c1nc(C2CNCCN2C)no1. The van der Waals surface area contributed by atoms with Crippen LogP contribution in [-0.2, 0) is 0 Å². The zero-order valence-electron chi connectivity index (χ0n) is 12.3. The number of nitrogens with one attached hydrogen (secondary N) is 1. The Bertz CT molecular complexity index is 677. The number of rotatable bonds is 3. The van der Waals surface area contributed by atoms with Crippen molar-refractivity contribution in [2.75, 3.05) is 33.8 Å². The molecule has 1 aliphatic rings. The van der Waals surface area contributed by atoms with E-state index in [0.29, 0.717) is 33.1 Å². The number of aromatic nitrogens is 2. The lowest BCUT2D eigenvalue weighted by Gasteiger charge is -2.30. The molecule has 1 aromatic heterocycles. The third kappa shape index (κ3) is 2.92. The van der Waals surface area contributed by atoms with E-state index in [1.807, 2.05) is 7.05 Å². The monoisotopic (exact) mass is 342 g/mol. The average Bonchev–Trinajstić information content (AvgIpc) is 2.99. The van der Waals surface area contributed by atoms with Crippen LogP contribution < -0.4 is 10.1 Å². The topological polar surface area (TPSA) is 63.4 Å². The van der Waals surface area contributed by atoms with Gasteiger partial charge in [0.25, 0.3) is 5.89 Å². The second-order valence-electron chi connectivity index (χ2n) is 5.12. The third-order valence-corrected chi connectivity index (χ3v) is 4.45. The summed E-state index contributed by atoms with van der Waals surface area (Å²) in [5.74, 6) is 1.54. The zero-order valence-corrected chi connectivity index (χ0v) is 13.8. The molecule has 8 heteroatoms. The third-order valence-electron chi connectivity index (χ3n) is 3.72. The van der Waals surface area contributed by atoms with E-state index in [1.165, 1.54) is 0 Å². The number of methoxy groups -OCH3 is 1. The smallest absolute Gasteiger partial charge is 0.261 e. The van der Waals surface area contributed by atoms with Gasteiger partial charge in [-0.3, -0.25) is 4.90 Å². The van der Waals surface area contributed by atoms with E-state index in [0.717, 1.165) is 19.6 Å². The molecule has 1 fully saturated rings. The van der Waals surface area contributed by atoms with Crippen molar-refractivity contribution in [2.24, 2.45) is 0 Å². The highest BCUT2D eigenvalue weighted by molar-refractivity contribution is 6.42. The summed E-state index contributed by atoms with van der Waals surface area (Å²) >= 11 is 12.1. The van der Waals surface area contributed by atoms with E-state index < -0.39 is 0 Å². The van der Waals surface area contributed by atoms with Crippen LogP contribution in [0.5, 0.6) is 5.75 Å². The molecule has 22 heavy (non-hydrogen) atoms. The first-order valence-electron chi connectivity index (χ1n) is 6.88. The molecule has 1 aromatic carbocycles. The molecule has 0 bridgehead atoms. The van der Waals surface area contributed by atoms with Crippen molar-refractivity contribution in [3.05, 3.63) is 28.0 Å². The lowest BCUT2D eigenvalue weighted by atomic mass is 10.2. The summed E-state index contributed by atoms with van der Waals surface area (Å²) in [7, 11) is 3.60. The first-order valence-corrected chi connectivity index (χ1v) is 7.63. The highest BCUT2D eigenvalue weighted by Gasteiger charge is 2.26. The van der Waals surface area contributed by atoms with Gasteiger partial charge in [0.1, 0.15) is 5.75 Å². The van der Waals surface area contributed by atoms with Gasteiger partial charge in [0, 0.05) is 25.7 Å². The summed E-state index contributed by atoms with van der Waals surface area (Å²) in [6.07, 6.45) is 0. The van der Waals surface area contributed by atoms with Crippen LogP contribution in [0.15, 0.2) is 16.7 Å². The molecule has 1 unspecified atom stereocenters. The maximum Gasteiger partial charge on any atom is 0.261 e. The number of nitrogens with zero attached hydrogens (tertiary/aromatic N) is 3. The Labute approximate surface area is 138 Å². The van der Waals surface area contributed by atoms with Gasteiger partial charge in [-0.25, -0.2) is 0 Å². The maximum absolute atomic E-state index is 6.08. The first kappa shape index (κ1) is 15.6. The molecule has 3 rings (SSSR count). The van der Waals surface area contributed by atoms with Gasteiger partial charge < -0.3 is 14.6 Å². The van der Waals surface area contributed by atoms with Gasteiger partial charge in [-0.15, -0.1) is 0 Å². The summed E-state index contributed by atoms with van der Waals surface area (Å²) in [5, 5.41) is 8.25. The minimum atomic E-state index is 0.0833. The van der Waals surface area contributed by atoms with Crippen LogP contribution in [0.3, 0.4) is 0 Å². The molecule has 1 N–H and O–H groups in total. The van der Waals surface area contributed by atoms with Crippen molar-refractivity contribution in [1.82, 2.24) is 20.4 Å². The number of hydrogen-bond donors (Lipinski definition) is 1. The summed E-state index contributed by atoms with van der Waals surface area (Å²) in [6, 6.07) is 3.39. The molecule has 2 aromatic rings. The van der Waals surface area contributed by atoms with Crippen LogP contribution in [0.4, 0.5) is 0 Å². The average molecular weight is 343 g/mol. The van der Waals surface area contributed by atoms with Gasteiger partial charge in [0.05, 0.1) is 28.8 Å². The normalized spacial score (nSPS) is 19.4. The largest absolute Gasteiger partial charge is 0.496 e. The Hall–Kier alpha value is -1.34. The predicted molar refractivity (Wildman–Crippen MR) is 84.5 cm³/mol. The molecule has 118 valence electrons. The van der Waals surface area contributed by atoms with Crippen molar-refractivity contribution in [3.8, 4) is 17.2 Å². The molecule has 0 spiro atoms. The summed E-state index contributed by atoms with van der Waals surface area (Å²) in [4.78, 5) is 6.68. The molecule has 0 radical (unpaired) electrons. The van der Waals surface area contributed by atoms with Gasteiger partial charge >= 0.3 is 0 Å². The van der Waals surface area contributed by atoms with E-state index in [-0.39, 0.29) is 6.04 Å². The number of halogens is 2. The fourth-order valence-corrected chi connectivity index (χ4v) is 2.76. The molecule has 1 saturated heterocycles. The van der Waals surface area contributed by atoms with E-state index in [1.54, 1.807) is 19.2 Å². The predicted octanol–water partition coefficient (Wildman–Crippen LogP) is 2.63. The highest BCUT2D eigenvalue weighted by atomic mass is 35.5. The fourth-order valence-electron chi connectivity index (χ4n) is 2.44. The molecule has 0 saturated carbocycles. The minimum absolute atomic E-state index is 0.0833. The summed E-state index contributed by atoms with van der Waals surface area (Å²) < 4.78 is 10.7. The number of likely N-dealkylation sites (N-methyl/N-ethyl adjacent to an activating group) is 1. The standard InChI is InChI=1S/C14H16Cl2N4O2/c1-20-4-3-17-7-11(20)13-18-14(22-19-13)8-5-9(15)10(16)6-12(8)21-2/h5-6,11,17H,3-4,7H2,1-2H3. The Morgan fingerprint density at radius 1 is 1.36 bits per heavy atom. The van der Waals surface area contributed by atoms with Crippen LogP contribution in [0.25, 0.3) is 11.5 Å². The van der Waals surface area contributed by atoms with Crippen LogP contribution in [0, 0.1) is 0 Å². The Kier molecular flexibility index (Phi) is 4.54. The summed E-state index contributed by atoms with van der Waals surface area (Å²) in [5.41, 5.74) is 0.627. The zero-order chi connectivity index (χ0) is 15.7. The molecule has 6 nitrogen and oxygen atoms in total. The molecule has 2 heterocycles. The molecular weight excluding hydrogens is 327 g/mol. The van der Waals surface area contributed by atoms with Crippen molar-refractivity contribution in [2.45, 2.75) is 6.04 Å². The van der Waals surface area contributed by atoms with Gasteiger partial charge in [-0.2, -0.15) is 4.98 Å². The molecule has 1 atom stereocenters. The van der Waals surface area contributed by atoms with Gasteiger partial charge in [0.2, 0.25) is 0 Å². The molecule has 1 aliphatic heterocycles. The van der Waals surface area contributed by atoms with E-state index >= 15 is 0 Å². The van der Waals surface area contributed by atoms with Crippen LogP contribution >= 0.6 is 23.2 Å². The minimum Gasteiger partial charge on any atom is -0.496 e. The van der Waals surface area contributed by atoms with Crippen LogP contribution in [-0.4, -0.2) is 48.8 Å². The number of hydrogen-bond acceptors (Lipinski definition) is 6. The molecule has 0 amide bonds. The molecular formula is C14H16Cl2N4O2. The second kappa shape index (κ2) is 6.42. The quantitative estimate of drug-likeness (QED) is 0.924. The van der Waals surface area contributed by atoms with Crippen LogP contribution in [0.2, 0.25) is 10.0 Å². The van der Waals surface area contributed by atoms with Crippen molar-refractivity contribution >= 4 is 23.2 Å². The highest BCUT2D eigenvalue weighted by Crippen LogP contribution is 2.36. The maximum atomic E-state index is 6.08. The van der Waals surface area contributed by atoms with E-state index in [4.69, 9.17) is 32.5 Å². The van der Waals surface area contributed by atoms with Gasteiger partial charge in [0.15, 0.2) is 5.82 Å². The molecule has 0 aliphatic carbocycles. The second-order valence-corrected chi connectivity index (χ2v) is 5.94. The first-order chi connectivity index (χ1) is 10.6.